The van der Waals surface area contributed by atoms with Crippen molar-refractivity contribution in [3.8, 4) is 11.5 Å². The molecule has 0 aliphatic rings. The van der Waals surface area contributed by atoms with Crippen LogP contribution in [0.15, 0.2) is 48.5 Å². The minimum Gasteiger partial charge on any atom is -0.497 e. The van der Waals surface area contributed by atoms with Crippen molar-refractivity contribution in [3.63, 3.8) is 0 Å². The van der Waals surface area contributed by atoms with Crippen LogP contribution in [-0.4, -0.2) is 19.1 Å². The lowest BCUT2D eigenvalue weighted by atomic mass is 10.2. The van der Waals surface area contributed by atoms with E-state index in [1.807, 2.05) is 0 Å². The van der Waals surface area contributed by atoms with E-state index in [1.54, 1.807) is 50.4 Å². The number of amides is 1. The predicted octanol–water partition coefficient (Wildman–Crippen LogP) is 2.92. The minimum atomic E-state index is -0.646. The highest BCUT2D eigenvalue weighted by atomic mass is 19.1. The maximum Gasteiger partial charge on any atom is 0.261 e. The SMILES string of the molecule is COc1cccc(O[C@H](C)C(=O)NCc2ccc(F)cc2)c1. The number of rotatable bonds is 6. The van der Waals surface area contributed by atoms with Gasteiger partial charge in [0.1, 0.15) is 17.3 Å². The summed E-state index contributed by atoms with van der Waals surface area (Å²) in [6, 6.07) is 13.0. The zero-order valence-corrected chi connectivity index (χ0v) is 12.5. The fourth-order valence-corrected chi connectivity index (χ4v) is 1.87. The van der Waals surface area contributed by atoms with E-state index in [9.17, 15) is 9.18 Å². The average molecular weight is 303 g/mol. The van der Waals surface area contributed by atoms with Gasteiger partial charge in [0.15, 0.2) is 6.10 Å². The molecule has 0 heterocycles. The maximum atomic E-state index is 12.8. The topological polar surface area (TPSA) is 47.6 Å². The first kappa shape index (κ1) is 15.8. The van der Waals surface area contributed by atoms with Gasteiger partial charge in [0.25, 0.3) is 5.91 Å². The van der Waals surface area contributed by atoms with Crippen molar-refractivity contribution in [1.29, 1.82) is 0 Å². The molecule has 1 atom stereocenters. The lowest BCUT2D eigenvalue weighted by Crippen LogP contribution is -2.35. The predicted molar refractivity (Wildman–Crippen MR) is 81.3 cm³/mol. The van der Waals surface area contributed by atoms with Crippen LogP contribution >= 0.6 is 0 Å². The van der Waals surface area contributed by atoms with Crippen LogP contribution in [0.3, 0.4) is 0 Å². The van der Waals surface area contributed by atoms with Crippen molar-refractivity contribution in [2.24, 2.45) is 0 Å². The number of halogens is 1. The molecule has 2 aromatic rings. The number of methoxy groups -OCH3 is 1. The van der Waals surface area contributed by atoms with Gasteiger partial charge in [-0.05, 0) is 36.8 Å². The first-order valence-electron chi connectivity index (χ1n) is 6.91. The molecule has 0 aliphatic heterocycles. The summed E-state index contributed by atoms with van der Waals surface area (Å²) in [6.07, 6.45) is -0.646. The molecule has 0 radical (unpaired) electrons. The number of benzene rings is 2. The molecule has 0 aliphatic carbocycles. The van der Waals surface area contributed by atoms with Gasteiger partial charge in [-0.3, -0.25) is 4.79 Å². The second kappa shape index (κ2) is 7.45. The summed E-state index contributed by atoms with van der Waals surface area (Å²) in [5.74, 6) is 0.678. The Morgan fingerprint density at radius 2 is 1.86 bits per heavy atom. The molecular formula is C17H18FNO3. The van der Waals surface area contributed by atoms with Gasteiger partial charge in [-0.1, -0.05) is 18.2 Å². The van der Waals surface area contributed by atoms with Crippen LogP contribution in [0.4, 0.5) is 4.39 Å². The largest absolute Gasteiger partial charge is 0.497 e. The Morgan fingerprint density at radius 1 is 1.18 bits per heavy atom. The molecule has 5 heteroatoms. The zero-order chi connectivity index (χ0) is 15.9. The summed E-state index contributed by atoms with van der Waals surface area (Å²) in [4.78, 5) is 12.0. The van der Waals surface area contributed by atoms with Gasteiger partial charge in [-0.25, -0.2) is 4.39 Å². The van der Waals surface area contributed by atoms with Crippen molar-refractivity contribution in [3.05, 3.63) is 59.9 Å². The lowest BCUT2D eigenvalue weighted by molar-refractivity contribution is -0.127. The fourth-order valence-electron chi connectivity index (χ4n) is 1.87. The number of ether oxygens (including phenoxy) is 2. The van der Waals surface area contributed by atoms with E-state index in [-0.39, 0.29) is 11.7 Å². The van der Waals surface area contributed by atoms with E-state index in [2.05, 4.69) is 5.32 Å². The molecule has 0 fully saturated rings. The monoisotopic (exact) mass is 303 g/mol. The summed E-state index contributed by atoms with van der Waals surface area (Å²) in [7, 11) is 1.57. The van der Waals surface area contributed by atoms with Crippen LogP contribution in [0.1, 0.15) is 12.5 Å². The number of hydrogen-bond acceptors (Lipinski definition) is 3. The van der Waals surface area contributed by atoms with E-state index in [1.165, 1.54) is 12.1 Å². The molecular weight excluding hydrogens is 285 g/mol. The molecule has 0 spiro atoms. The third-order valence-corrected chi connectivity index (χ3v) is 3.10. The van der Waals surface area contributed by atoms with Gasteiger partial charge in [0.05, 0.1) is 7.11 Å². The Balaban J connectivity index is 1.87. The smallest absolute Gasteiger partial charge is 0.261 e. The van der Waals surface area contributed by atoms with Gasteiger partial charge in [-0.15, -0.1) is 0 Å². The molecule has 0 saturated heterocycles. The lowest BCUT2D eigenvalue weighted by Gasteiger charge is -2.15. The standard InChI is InChI=1S/C17H18FNO3/c1-12(22-16-5-3-4-15(10-16)21-2)17(20)19-11-13-6-8-14(18)9-7-13/h3-10,12H,11H2,1-2H3,(H,19,20)/t12-/m1/s1. The Bertz CT molecular complexity index is 628. The molecule has 0 aromatic heterocycles. The number of carbonyl (C=O) groups excluding carboxylic acids is 1. The number of nitrogens with one attached hydrogen (secondary N) is 1. The van der Waals surface area contributed by atoms with E-state index in [0.29, 0.717) is 18.0 Å². The highest BCUT2D eigenvalue weighted by Crippen LogP contribution is 2.19. The molecule has 2 aromatic carbocycles. The highest BCUT2D eigenvalue weighted by molar-refractivity contribution is 5.80. The summed E-state index contributed by atoms with van der Waals surface area (Å²) in [5, 5.41) is 2.75. The second-order valence-electron chi connectivity index (χ2n) is 4.78. The normalized spacial score (nSPS) is 11.6. The van der Waals surface area contributed by atoms with Gasteiger partial charge in [-0.2, -0.15) is 0 Å². The Kier molecular flexibility index (Phi) is 5.36. The number of carbonyl (C=O) groups is 1. The van der Waals surface area contributed by atoms with E-state index >= 15 is 0 Å². The Hall–Kier alpha value is -2.56. The van der Waals surface area contributed by atoms with Gasteiger partial charge in [0.2, 0.25) is 0 Å². The molecule has 116 valence electrons. The van der Waals surface area contributed by atoms with Crippen LogP contribution in [0.25, 0.3) is 0 Å². The van der Waals surface area contributed by atoms with Gasteiger partial charge < -0.3 is 14.8 Å². The number of hydrogen-bond donors (Lipinski definition) is 1. The molecule has 0 saturated carbocycles. The van der Waals surface area contributed by atoms with Crippen LogP contribution in [0, 0.1) is 5.82 Å². The molecule has 0 bridgehead atoms. The average Bonchev–Trinajstić information content (AvgIpc) is 2.54. The molecule has 4 nitrogen and oxygen atoms in total. The highest BCUT2D eigenvalue weighted by Gasteiger charge is 2.14. The van der Waals surface area contributed by atoms with E-state index < -0.39 is 6.10 Å². The maximum absolute atomic E-state index is 12.8. The summed E-state index contributed by atoms with van der Waals surface area (Å²) < 4.78 is 23.5. The molecule has 1 amide bonds. The quantitative estimate of drug-likeness (QED) is 0.892. The molecule has 1 N–H and O–H groups in total. The van der Waals surface area contributed by atoms with E-state index in [0.717, 1.165) is 5.56 Å². The second-order valence-corrected chi connectivity index (χ2v) is 4.78. The Morgan fingerprint density at radius 3 is 2.55 bits per heavy atom. The van der Waals surface area contributed by atoms with Crippen molar-refractivity contribution < 1.29 is 18.7 Å². The van der Waals surface area contributed by atoms with Gasteiger partial charge >= 0.3 is 0 Å². The molecule has 22 heavy (non-hydrogen) atoms. The minimum absolute atomic E-state index is 0.243. The van der Waals surface area contributed by atoms with Crippen molar-refractivity contribution in [2.75, 3.05) is 7.11 Å². The molecule has 0 unspecified atom stereocenters. The first-order valence-corrected chi connectivity index (χ1v) is 6.91. The summed E-state index contributed by atoms with van der Waals surface area (Å²) >= 11 is 0. The third-order valence-electron chi connectivity index (χ3n) is 3.10. The zero-order valence-electron chi connectivity index (χ0n) is 12.5. The fraction of sp³-hybridized carbons (Fsp3) is 0.235. The third kappa shape index (κ3) is 4.48. The van der Waals surface area contributed by atoms with Crippen LogP contribution < -0.4 is 14.8 Å². The molecule has 2 rings (SSSR count). The Labute approximate surface area is 128 Å². The first-order chi connectivity index (χ1) is 10.6. The van der Waals surface area contributed by atoms with Crippen LogP contribution in [0.2, 0.25) is 0 Å². The van der Waals surface area contributed by atoms with Crippen molar-refractivity contribution in [2.45, 2.75) is 19.6 Å². The van der Waals surface area contributed by atoms with Crippen LogP contribution in [0.5, 0.6) is 11.5 Å². The summed E-state index contributed by atoms with van der Waals surface area (Å²) in [5.41, 5.74) is 0.823. The van der Waals surface area contributed by atoms with Gasteiger partial charge in [0, 0.05) is 12.6 Å². The summed E-state index contributed by atoms with van der Waals surface area (Å²) in [6.45, 7) is 1.99. The van der Waals surface area contributed by atoms with Crippen molar-refractivity contribution >= 4 is 5.91 Å². The van der Waals surface area contributed by atoms with E-state index in [4.69, 9.17) is 9.47 Å². The van der Waals surface area contributed by atoms with Crippen LogP contribution in [-0.2, 0) is 11.3 Å². The van der Waals surface area contributed by atoms with Crippen molar-refractivity contribution in [1.82, 2.24) is 5.32 Å².